The average Bonchev–Trinajstić information content (AvgIpc) is 2.02. The van der Waals surface area contributed by atoms with Crippen molar-refractivity contribution in [2.45, 2.75) is 18.6 Å². The smallest absolute Gasteiger partial charge is 0.123 e. The lowest BCUT2D eigenvalue weighted by Gasteiger charge is -2.32. The zero-order valence-electron chi connectivity index (χ0n) is 7.20. The summed E-state index contributed by atoms with van der Waals surface area (Å²) in [4.78, 5) is 0. The van der Waals surface area contributed by atoms with Crippen LogP contribution in [0.5, 0.6) is 0 Å². The van der Waals surface area contributed by atoms with Crippen molar-refractivity contribution in [1.29, 1.82) is 0 Å². The summed E-state index contributed by atoms with van der Waals surface area (Å²) in [6.07, 6.45) is 0.479. The molecule has 2 rings (SSSR count). The molecule has 0 radical (unpaired) electrons. The van der Waals surface area contributed by atoms with E-state index < -0.39 is 6.10 Å². The van der Waals surface area contributed by atoms with Gasteiger partial charge in [0.25, 0.3) is 0 Å². The second-order valence-electron chi connectivity index (χ2n) is 3.35. The molecule has 13 heavy (non-hydrogen) atoms. The molecule has 2 atom stereocenters. The van der Waals surface area contributed by atoms with Crippen LogP contribution >= 0.6 is 0 Å². The Morgan fingerprint density at radius 2 is 2.00 bits per heavy atom. The molecule has 1 fully saturated rings. The molecule has 1 heterocycles. The first-order valence-corrected chi connectivity index (χ1v) is 4.44. The molecule has 70 valence electrons. The number of aliphatic hydroxyl groups excluding tert-OH is 1. The first-order chi connectivity index (χ1) is 6.27. The lowest BCUT2D eigenvalue weighted by atomic mass is 9.95. The summed E-state index contributed by atoms with van der Waals surface area (Å²) in [6, 6.07) is 6.14. The van der Waals surface area contributed by atoms with Crippen LogP contribution in [0, 0.1) is 5.82 Å². The molecule has 1 aromatic rings. The number of aliphatic hydroxyl groups is 1. The molecule has 1 saturated heterocycles. The molecule has 0 spiro atoms. The van der Waals surface area contributed by atoms with Gasteiger partial charge in [0.1, 0.15) is 5.82 Å². The molecule has 2 unspecified atom stereocenters. The van der Waals surface area contributed by atoms with E-state index in [4.69, 9.17) is 0 Å². The van der Waals surface area contributed by atoms with Crippen LogP contribution in [0.15, 0.2) is 24.3 Å². The van der Waals surface area contributed by atoms with Crippen molar-refractivity contribution in [2.24, 2.45) is 0 Å². The third kappa shape index (κ3) is 1.71. The summed E-state index contributed by atoms with van der Waals surface area (Å²) in [5.74, 6) is -0.266. The minimum absolute atomic E-state index is 0.144. The van der Waals surface area contributed by atoms with Crippen molar-refractivity contribution in [3.63, 3.8) is 0 Å². The summed E-state index contributed by atoms with van der Waals surface area (Å²) in [5, 5.41) is 12.9. The number of hydrogen-bond donors (Lipinski definition) is 2. The Kier molecular flexibility index (Phi) is 2.29. The maximum absolute atomic E-state index is 12.5. The number of hydrogen-bond acceptors (Lipinski definition) is 2. The first kappa shape index (κ1) is 8.66. The maximum Gasteiger partial charge on any atom is 0.123 e. The molecule has 1 aliphatic rings. The number of benzene rings is 1. The molecular weight excluding hydrogens is 169 g/mol. The van der Waals surface area contributed by atoms with E-state index in [1.165, 1.54) is 12.1 Å². The number of nitrogens with one attached hydrogen (secondary N) is 1. The SMILES string of the molecule is OC(c1ccc(F)cc1)C1CCN1. The van der Waals surface area contributed by atoms with Crippen molar-refractivity contribution in [1.82, 2.24) is 5.32 Å². The predicted molar refractivity (Wildman–Crippen MR) is 47.8 cm³/mol. The molecule has 0 aliphatic carbocycles. The summed E-state index contributed by atoms with van der Waals surface area (Å²) < 4.78 is 12.5. The van der Waals surface area contributed by atoms with E-state index >= 15 is 0 Å². The van der Waals surface area contributed by atoms with Crippen molar-refractivity contribution in [3.8, 4) is 0 Å². The molecule has 1 aliphatic heterocycles. The van der Waals surface area contributed by atoms with E-state index in [-0.39, 0.29) is 11.9 Å². The van der Waals surface area contributed by atoms with Crippen LogP contribution in [0.3, 0.4) is 0 Å². The lowest BCUT2D eigenvalue weighted by molar-refractivity contribution is 0.0956. The van der Waals surface area contributed by atoms with E-state index in [1.54, 1.807) is 12.1 Å². The lowest BCUT2D eigenvalue weighted by Crippen LogP contribution is -2.46. The fourth-order valence-electron chi connectivity index (χ4n) is 1.47. The van der Waals surface area contributed by atoms with Crippen LogP contribution in [0.1, 0.15) is 18.1 Å². The highest BCUT2D eigenvalue weighted by Gasteiger charge is 2.25. The Labute approximate surface area is 76.4 Å². The Morgan fingerprint density at radius 3 is 2.46 bits per heavy atom. The topological polar surface area (TPSA) is 32.3 Å². The monoisotopic (exact) mass is 181 g/mol. The summed E-state index contributed by atoms with van der Waals surface area (Å²) in [5.41, 5.74) is 0.776. The van der Waals surface area contributed by atoms with Gasteiger partial charge in [0.2, 0.25) is 0 Å². The predicted octanol–water partition coefficient (Wildman–Crippen LogP) is 1.22. The van der Waals surface area contributed by atoms with Crippen molar-refractivity contribution in [3.05, 3.63) is 35.6 Å². The van der Waals surface area contributed by atoms with E-state index in [0.717, 1.165) is 18.5 Å². The highest BCUT2D eigenvalue weighted by Crippen LogP contribution is 2.22. The summed E-state index contributed by atoms with van der Waals surface area (Å²) >= 11 is 0. The zero-order valence-corrected chi connectivity index (χ0v) is 7.20. The van der Waals surface area contributed by atoms with Gasteiger partial charge in [-0.05, 0) is 30.7 Å². The van der Waals surface area contributed by atoms with Crippen LogP contribution in [0.2, 0.25) is 0 Å². The number of rotatable bonds is 2. The van der Waals surface area contributed by atoms with Gasteiger partial charge < -0.3 is 10.4 Å². The highest BCUT2D eigenvalue weighted by atomic mass is 19.1. The molecule has 3 heteroatoms. The minimum atomic E-state index is -0.505. The van der Waals surface area contributed by atoms with E-state index in [1.807, 2.05) is 0 Å². The Morgan fingerprint density at radius 1 is 1.38 bits per heavy atom. The highest BCUT2D eigenvalue weighted by molar-refractivity contribution is 5.20. The normalized spacial score (nSPS) is 23.7. The van der Waals surface area contributed by atoms with Gasteiger partial charge in [-0.25, -0.2) is 4.39 Å². The fraction of sp³-hybridized carbons (Fsp3) is 0.400. The standard InChI is InChI=1S/C10H12FNO/c11-8-3-1-7(2-4-8)10(13)9-5-6-12-9/h1-4,9-10,12-13H,5-6H2. The zero-order chi connectivity index (χ0) is 9.26. The van der Waals surface area contributed by atoms with E-state index in [2.05, 4.69) is 5.32 Å². The van der Waals surface area contributed by atoms with Crippen LogP contribution in [0.25, 0.3) is 0 Å². The van der Waals surface area contributed by atoms with Gasteiger partial charge in [-0.3, -0.25) is 0 Å². The second kappa shape index (κ2) is 3.44. The Balaban J connectivity index is 2.10. The van der Waals surface area contributed by atoms with Crippen molar-refractivity contribution in [2.75, 3.05) is 6.54 Å². The minimum Gasteiger partial charge on any atom is -0.387 e. The first-order valence-electron chi connectivity index (χ1n) is 4.44. The quantitative estimate of drug-likeness (QED) is 0.719. The van der Waals surface area contributed by atoms with Gasteiger partial charge in [0.15, 0.2) is 0 Å². The molecule has 0 aromatic heterocycles. The van der Waals surface area contributed by atoms with Crippen LogP contribution < -0.4 is 5.32 Å². The molecule has 2 nitrogen and oxygen atoms in total. The largest absolute Gasteiger partial charge is 0.387 e. The van der Waals surface area contributed by atoms with Crippen molar-refractivity contribution < 1.29 is 9.50 Å². The van der Waals surface area contributed by atoms with Crippen LogP contribution in [-0.4, -0.2) is 17.7 Å². The molecular formula is C10H12FNO. The molecule has 0 amide bonds. The van der Waals surface area contributed by atoms with Crippen molar-refractivity contribution >= 4 is 0 Å². The summed E-state index contributed by atoms with van der Waals surface area (Å²) in [6.45, 7) is 0.961. The Bertz CT molecular complexity index is 281. The molecule has 2 N–H and O–H groups in total. The third-order valence-corrected chi connectivity index (χ3v) is 2.45. The molecule has 1 aromatic carbocycles. The van der Waals surface area contributed by atoms with Gasteiger partial charge >= 0.3 is 0 Å². The van der Waals surface area contributed by atoms with E-state index in [9.17, 15) is 9.50 Å². The third-order valence-electron chi connectivity index (χ3n) is 2.45. The Hall–Kier alpha value is -0.930. The fourth-order valence-corrected chi connectivity index (χ4v) is 1.47. The molecule has 0 saturated carbocycles. The molecule has 0 bridgehead atoms. The maximum atomic E-state index is 12.5. The van der Waals surface area contributed by atoms with Gasteiger partial charge in [-0.15, -0.1) is 0 Å². The van der Waals surface area contributed by atoms with Crippen LogP contribution in [0.4, 0.5) is 4.39 Å². The average molecular weight is 181 g/mol. The number of halogens is 1. The summed E-state index contributed by atoms with van der Waals surface area (Å²) in [7, 11) is 0. The van der Waals surface area contributed by atoms with E-state index in [0.29, 0.717) is 0 Å². The van der Waals surface area contributed by atoms with Gasteiger partial charge in [-0.2, -0.15) is 0 Å². The second-order valence-corrected chi connectivity index (χ2v) is 3.35. The van der Waals surface area contributed by atoms with Gasteiger partial charge in [0.05, 0.1) is 6.10 Å². The van der Waals surface area contributed by atoms with Gasteiger partial charge in [-0.1, -0.05) is 12.1 Å². The van der Waals surface area contributed by atoms with Crippen LogP contribution in [-0.2, 0) is 0 Å². The van der Waals surface area contributed by atoms with Gasteiger partial charge in [0, 0.05) is 6.04 Å².